The van der Waals surface area contributed by atoms with Gasteiger partial charge in [0.2, 0.25) is 5.91 Å². The fraction of sp³-hybridized carbons (Fsp3) is 0.417. The summed E-state index contributed by atoms with van der Waals surface area (Å²) in [5.41, 5.74) is 3.37. The molecule has 5 nitrogen and oxygen atoms in total. The van der Waals surface area contributed by atoms with Crippen molar-refractivity contribution in [3.63, 3.8) is 0 Å². The van der Waals surface area contributed by atoms with Crippen LogP contribution in [0.1, 0.15) is 31.9 Å². The van der Waals surface area contributed by atoms with Crippen molar-refractivity contribution in [2.45, 2.75) is 45.8 Å². The second-order valence-corrected chi connectivity index (χ2v) is 8.15. The van der Waals surface area contributed by atoms with E-state index >= 15 is 0 Å². The number of nitrogens with one attached hydrogen (secondary N) is 1. The normalized spacial score (nSPS) is 19.3. The Bertz CT molecular complexity index is 876. The van der Waals surface area contributed by atoms with Gasteiger partial charge in [-0.2, -0.15) is 0 Å². The number of amides is 2. The molecule has 0 radical (unpaired) electrons. The van der Waals surface area contributed by atoms with E-state index in [1.807, 2.05) is 26.0 Å². The Morgan fingerprint density at radius 1 is 1.14 bits per heavy atom. The van der Waals surface area contributed by atoms with Crippen LogP contribution in [0.2, 0.25) is 0 Å². The van der Waals surface area contributed by atoms with Crippen LogP contribution in [0.5, 0.6) is 0 Å². The molecular weight excluding hydrogens is 364 g/mol. The van der Waals surface area contributed by atoms with Crippen molar-refractivity contribution in [2.24, 2.45) is 0 Å². The molecule has 2 amide bonds. The zero-order valence-corrected chi connectivity index (χ0v) is 17.7. The molecule has 1 heterocycles. The summed E-state index contributed by atoms with van der Waals surface area (Å²) in [7, 11) is 0. The molecule has 2 aromatic rings. The number of hydrogen-bond donors (Lipinski definition) is 1. The third-order valence-electron chi connectivity index (χ3n) is 5.27. The van der Waals surface area contributed by atoms with Crippen LogP contribution in [0.4, 0.5) is 0 Å². The molecule has 1 aliphatic heterocycles. The lowest BCUT2D eigenvalue weighted by Gasteiger charge is -2.41. The Labute approximate surface area is 173 Å². The highest BCUT2D eigenvalue weighted by Crippen LogP contribution is 2.27. The number of morpholine rings is 1. The molecule has 1 N–H and O–H groups in total. The Balaban J connectivity index is 1.91. The number of aryl methyl sites for hydroxylation is 1. The summed E-state index contributed by atoms with van der Waals surface area (Å²) in [4.78, 5) is 26.8. The van der Waals surface area contributed by atoms with Crippen molar-refractivity contribution in [2.75, 3.05) is 19.7 Å². The third kappa shape index (κ3) is 5.04. The lowest BCUT2D eigenvalue weighted by Crippen LogP contribution is -2.62. The summed E-state index contributed by atoms with van der Waals surface area (Å²) < 4.78 is 6.07. The van der Waals surface area contributed by atoms with E-state index in [9.17, 15) is 9.59 Å². The average Bonchev–Trinajstić information content (AvgIpc) is 2.68. The summed E-state index contributed by atoms with van der Waals surface area (Å²) in [6.45, 7) is 8.57. The third-order valence-corrected chi connectivity index (χ3v) is 5.27. The number of benzene rings is 2. The summed E-state index contributed by atoms with van der Waals surface area (Å²) in [6, 6.07) is 16.6. The van der Waals surface area contributed by atoms with E-state index in [4.69, 9.17) is 4.74 Å². The SMILES string of the molecule is CC(=O)N1CCO[C@@](Cc2cccc(-c3ccc(C)cc3)c2)(C(=O)NC(C)C)C1. The molecule has 1 aliphatic rings. The van der Waals surface area contributed by atoms with Crippen LogP contribution in [0.25, 0.3) is 11.1 Å². The van der Waals surface area contributed by atoms with Crippen molar-refractivity contribution in [1.82, 2.24) is 10.2 Å². The first-order valence-corrected chi connectivity index (χ1v) is 10.2. The van der Waals surface area contributed by atoms with E-state index in [1.54, 1.807) is 4.90 Å². The number of nitrogens with zero attached hydrogens (tertiary/aromatic N) is 1. The number of hydrogen-bond acceptors (Lipinski definition) is 3. The lowest BCUT2D eigenvalue weighted by molar-refractivity contribution is -0.165. The van der Waals surface area contributed by atoms with Gasteiger partial charge in [0, 0.05) is 25.9 Å². The number of carbonyl (C=O) groups excluding carboxylic acids is 2. The molecule has 1 atom stereocenters. The number of ether oxygens (including phenoxy) is 1. The predicted octanol–water partition coefficient (Wildman–Crippen LogP) is 3.35. The lowest BCUT2D eigenvalue weighted by atomic mass is 9.89. The van der Waals surface area contributed by atoms with Gasteiger partial charge >= 0.3 is 0 Å². The van der Waals surface area contributed by atoms with Crippen molar-refractivity contribution in [1.29, 1.82) is 0 Å². The molecule has 1 saturated heterocycles. The molecule has 0 unspecified atom stereocenters. The van der Waals surface area contributed by atoms with Crippen molar-refractivity contribution < 1.29 is 14.3 Å². The Morgan fingerprint density at radius 2 is 1.86 bits per heavy atom. The van der Waals surface area contributed by atoms with Crippen LogP contribution in [0.15, 0.2) is 48.5 Å². The molecule has 0 spiro atoms. The Kier molecular flexibility index (Phi) is 6.38. The van der Waals surface area contributed by atoms with Crippen molar-refractivity contribution >= 4 is 11.8 Å². The van der Waals surface area contributed by atoms with E-state index in [1.165, 1.54) is 12.5 Å². The molecule has 3 rings (SSSR count). The molecule has 1 fully saturated rings. The van der Waals surface area contributed by atoms with Crippen molar-refractivity contribution in [3.05, 3.63) is 59.7 Å². The van der Waals surface area contributed by atoms with Gasteiger partial charge in [0.05, 0.1) is 13.2 Å². The minimum absolute atomic E-state index is 0.00503. The van der Waals surface area contributed by atoms with Gasteiger partial charge in [-0.15, -0.1) is 0 Å². The first-order chi connectivity index (χ1) is 13.8. The maximum atomic E-state index is 13.1. The van der Waals surface area contributed by atoms with Gasteiger partial charge in [0.15, 0.2) is 5.60 Å². The van der Waals surface area contributed by atoms with Crippen molar-refractivity contribution in [3.8, 4) is 11.1 Å². The molecule has 5 heteroatoms. The maximum absolute atomic E-state index is 13.1. The molecule has 0 aliphatic carbocycles. The van der Waals surface area contributed by atoms with Gasteiger partial charge in [-0.1, -0.05) is 54.1 Å². The molecule has 0 bridgehead atoms. The summed E-state index contributed by atoms with van der Waals surface area (Å²) in [6.07, 6.45) is 0.412. The summed E-state index contributed by atoms with van der Waals surface area (Å²) in [5.74, 6) is -0.206. The predicted molar refractivity (Wildman–Crippen MR) is 115 cm³/mol. The highest BCUT2D eigenvalue weighted by Gasteiger charge is 2.44. The minimum atomic E-state index is -1.08. The Morgan fingerprint density at radius 3 is 2.52 bits per heavy atom. The van der Waals surface area contributed by atoms with E-state index in [0.717, 1.165) is 16.7 Å². The molecule has 29 heavy (non-hydrogen) atoms. The average molecular weight is 395 g/mol. The second kappa shape index (κ2) is 8.78. The largest absolute Gasteiger partial charge is 0.361 e. The minimum Gasteiger partial charge on any atom is -0.361 e. The van der Waals surface area contributed by atoms with Gasteiger partial charge in [-0.05, 0) is 37.5 Å². The topological polar surface area (TPSA) is 58.6 Å². The smallest absolute Gasteiger partial charge is 0.254 e. The highest BCUT2D eigenvalue weighted by atomic mass is 16.5. The standard InChI is InChI=1S/C24H30N2O3/c1-17(2)25-23(28)24(16-26(19(4)27)12-13-29-24)15-20-6-5-7-22(14-20)21-10-8-18(3)9-11-21/h5-11,14,17H,12-13,15-16H2,1-4H3,(H,25,28)/t24-/m1/s1. The summed E-state index contributed by atoms with van der Waals surface area (Å²) >= 11 is 0. The second-order valence-electron chi connectivity index (χ2n) is 8.15. The monoisotopic (exact) mass is 394 g/mol. The fourth-order valence-corrected chi connectivity index (χ4v) is 3.71. The first-order valence-electron chi connectivity index (χ1n) is 10.2. The van der Waals surface area contributed by atoms with Crippen LogP contribution in [-0.2, 0) is 20.7 Å². The van der Waals surface area contributed by atoms with E-state index in [2.05, 4.69) is 48.6 Å². The number of rotatable bonds is 5. The highest BCUT2D eigenvalue weighted by molar-refractivity contribution is 5.87. The quantitative estimate of drug-likeness (QED) is 0.846. The van der Waals surface area contributed by atoms with Gasteiger partial charge in [0.1, 0.15) is 0 Å². The zero-order chi connectivity index (χ0) is 21.0. The van der Waals surface area contributed by atoms with Gasteiger partial charge in [-0.3, -0.25) is 9.59 Å². The van der Waals surface area contributed by atoms with Crippen LogP contribution in [0, 0.1) is 6.92 Å². The fourth-order valence-electron chi connectivity index (χ4n) is 3.71. The molecule has 0 aromatic heterocycles. The molecule has 2 aromatic carbocycles. The molecule has 0 saturated carbocycles. The van der Waals surface area contributed by atoms with Crippen LogP contribution in [0.3, 0.4) is 0 Å². The van der Waals surface area contributed by atoms with Gasteiger partial charge < -0.3 is 15.0 Å². The van der Waals surface area contributed by atoms with Gasteiger partial charge in [-0.25, -0.2) is 0 Å². The molecular formula is C24H30N2O3. The van der Waals surface area contributed by atoms with Crippen LogP contribution >= 0.6 is 0 Å². The van der Waals surface area contributed by atoms with Gasteiger partial charge in [0.25, 0.3) is 5.91 Å². The first kappa shape index (κ1) is 21.1. The maximum Gasteiger partial charge on any atom is 0.254 e. The van der Waals surface area contributed by atoms with E-state index < -0.39 is 5.60 Å². The van der Waals surface area contributed by atoms with E-state index in [0.29, 0.717) is 19.6 Å². The van der Waals surface area contributed by atoms with Crippen LogP contribution in [-0.4, -0.2) is 48.1 Å². The van der Waals surface area contributed by atoms with Crippen LogP contribution < -0.4 is 5.32 Å². The summed E-state index contributed by atoms with van der Waals surface area (Å²) in [5, 5.41) is 2.98. The molecule has 154 valence electrons. The zero-order valence-electron chi connectivity index (χ0n) is 17.7. The number of carbonyl (C=O) groups is 2. The van der Waals surface area contributed by atoms with E-state index in [-0.39, 0.29) is 24.4 Å². The Hall–Kier alpha value is -2.66.